The monoisotopic (exact) mass is 368 g/mol. The number of nitrogens with one attached hydrogen (secondary N) is 2. The Bertz CT molecular complexity index is 1030. The van der Waals surface area contributed by atoms with Gasteiger partial charge in [0.25, 0.3) is 10.0 Å². The van der Waals surface area contributed by atoms with Gasteiger partial charge in [-0.1, -0.05) is 24.3 Å². The van der Waals surface area contributed by atoms with Gasteiger partial charge in [-0.2, -0.15) is 0 Å². The van der Waals surface area contributed by atoms with E-state index in [-0.39, 0.29) is 10.7 Å². The van der Waals surface area contributed by atoms with Gasteiger partial charge in [0, 0.05) is 5.69 Å². The van der Waals surface area contributed by atoms with Crippen LogP contribution < -0.4 is 10.0 Å². The minimum Gasteiger partial charge on any atom is -0.339 e. The van der Waals surface area contributed by atoms with Crippen LogP contribution in [0.3, 0.4) is 0 Å². The number of nitrogens with zero attached hydrogens (tertiary/aromatic N) is 2. The fourth-order valence-corrected chi connectivity index (χ4v) is 3.46. The Morgan fingerprint density at radius 1 is 0.769 bits per heavy atom. The summed E-state index contributed by atoms with van der Waals surface area (Å²) in [6.07, 6.45) is 0. The maximum atomic E-state index is 12.5. The first-order valence-electron chi connectivity index (χ1n) is 8.11. The molecule has 0 aliphatic carbocycles. The average Bonchev–Trinajstić information content (AvgIpc) is 2.60. The SMILES string of the molecule is Cc1ccc(S(=O)(=O)Nc2ccc(Nc3ccccc3C)nn2)cc1C. The number of benzene rings is 2. The summed E-state index contributed by atoms with van der Waals surface area (Å²) in [5.74, 6) is 0.701. The van der Waals surface area contributed by atoms with E-state index in [4.69, 9.17) is 0 Å². The first kappa shape index (κ1) is 17.9. The lowest BCUT2D eigenvalue weighted by atomic mass is 10.1. The molecule has 0 saturated carbocycles. The van der Waals surface area contributed by atoms with Crippen molar-refractivity contribution in [1.29, 1.82) is 0 Å². The molecular weight excluding hydrogens is 348 g/mol. The van der Waals surface area contributed by atoms with Crippen LogP contribution in [0.2, 0.25) is 0 Å². The fraction of sp³-hybridized carbons (Fsp3) is 0.158. The fourth-order valence-electron chi connectivity index (χ4n) is 2.38. The molecule has 2 N–H and O–H groups in total. The summed E-state index contributed by atoms with van der Waals surface area (Å²) in [6.45, 7) is 5.80. The summed E-state index contributed by atoms with van der Waals surface area (Å²) in [5.41, 5.74) is 3.95. The number of para-hydroxylation sites is 1. The second-order valence-corrected chi connectivity index (χ2v) is 7.78. The van der Waals surface area contributed by atoms with Gasteiger partial charge in [0.2, 0.25) is 0 Å². The van der Waals surface area contributed by atoms with Crippen molar-refractivity contribution in [2.45, 2.75) is 25.7 Å². The molecule has 3 aromatic rings. The van der Waals surface area contributed by atoms with E-state index in [1.807, 2.05) is 45.0 Å². The van der Waals surface area contributed by atoms with Crippen LogP contribution in [0.15, 0.2) is 59.5 Å². The molecule has 134 valence electrons. The lowest BCUT2D eigenvalue weighted by molar-refractivity contribution is 0.601. The smallest absolute Gasteiger partial charge is 0.263 e. The molecule has 6 nitrogen and oxygen atoms in total. The molecule has 0 saturated heterocycles. The number of anilines is 3. The minimum absolute atomic E-state index is 0.165. The first-order valence-corrected chi connectivity index (χ1v) is 9.60. The van der Waals surface area contributed by atoms with Crippen LogP contribution in [0.1, 0.15) is 16.7 Å². The number of rotatable bonds is 5. The molecule has 0 atom stereocenters. The lowest BCUT2D eigenvalue weighted by Gasteiger charge is -2.10. The van der Waals surface area contributed by atoms with E-state index in [1.165, 1.54) is 0 Å². The second-order valence-electron chi connectivity index (χ2n) is 6.10. The van der Waals surface area contributed by atoms with Crippen molar-refractivity contribution in [3.8, 4) is 0 Å². The second kappa shape index (κ2) is 7.13. The van der Waals surface area contributed by atoms with Crippen molar-refractivity contribution in [1.82, 2.24) is 10.2 Å². The zero-order chi connectivity index (χ0) is 18.7. The van der Waals surface area contributed by atoms with Crippen LogP contribution in [-0.4, -0.2) is 18.6 Å². The Hall–Kier alpha value is -2.93. The normalized spacial score (nSPS) is 11.2. The molecule has 0 aliphatic heterocycles. The topological polar surface area (TPSA) is 84.0 Å². The van der Waals surface area contributed by atoms with Crippen LogP contribution in [0.5, 0.6) is 0 Å². The van der Waals surface area contributed by atoms with Gasteiger partial charge in [0.05, 0.1) is 4.90 Å². The van der Waals surface area contributed by atoms with Crippen molar-refractivity contribution in [2.75, 3.05) is 10.0 Å². The molecule has 0 fully saturated rings. The van der Waals surface area contributed by atoms with Gasteiger partial charge in [0.1, 0.15) is 0 Å². The molecule has 0 spiro atoms. The van der Waals surface area contributed by atoms with E-state index in [0.717, 1.165) is 22.4 Å². The van der Waals surface area contributed by atoms with E-state index >= 15 is 0 Å². The van der Waals surface area contributed by atoms with Gasteiger partial charge < -0.3 is 5.32 Å². The highest BCUT2D eigenvalue weighted by molar-refractivity contribution is 7.92. The van der Waals surface area contributed by atoms with Crippen LogP contribution in [-0.2, 0) is 10.0 Å². The van der Waals surface area contributed by atoms with Gasteiger partial charge in [-0.25, -0.2) is 8.42 Å². The first-order chi connectivity index (χ1) is 12.3. The highest BCUT2D eigenvalue weighted by atomic mass is 32.2. The quantitative estimate of drug-likeness (QED) is 0.712. The molecular formula is C19H20N4O2S. The van der Waals surface area contributed by atoms with Crippen molar-refractivity contribution in [3.63, 3.8) is 0 Å². The molecule has 0 bridgehead atoms. The summed E-state index contributed by atoms with van der Waals surface area (Å²) in [5, 5.41) is 11.1. The number of hydrogen-bond acceptors (Lipinski definition) is 5. The van der Waals surface area contributed by atoms with Crippen LogP contribution in [0, 0.1) is 20.8 Å². The highest BCUT2D eigenvalue weighted by Gasteiger charge is 2.16. The predicted octanol–water partition coefficient (Wildman–Crippen LogP) is 3.95. The summed E-state index contributed by atoms with van der Waals surface area (Å²) >= 11 is 0. The number of aryl methyl sites for hydroxylation is 3. The molecule has 26 heavy (non-hydrogen) atoms. The third-order valence-electron chi connectivity index (χ3n) is 4.10. The van der Waals surface area contributed by atoms with Crippen molar-refractivity contribution >= 4 is 27.3 Å². The molecule has 1 heterocycles. The van der Waals surface area contributed by atoms with Gasteiger partial charge in [-0.05, 0) is 67.8 Å². The van der Waals surface area contributed by atoms with E-state index in [1.54, 1.807) is 30.3 Å². The van der Waals surface area contributed by atoms with Crippen LogP contribution in [0.25, 0.3) is 0 Å². The Labute approximate surface area is 153 Å². The average molecular weight is 368 g/mol. The minimum atomic E-state index is -3.70. The summed E-state index contributed by atoms with van der Waals surface area (Å²) in [4.78, 5) is 0.199. The highest BCUT2D eigenvalue weighted by Crippen LogP contribution is 2.20. The third-order valence-corrected chi connectivity index (χ3v) is 5.45. The van der Waals surface area contributed by atoms with Gasteiger partial charge in [-0.3, -0.25) is 4.72 Å². The molecule has 0 radical (unpaired) electrons. The summed E-state index contributed by atoms with van der Waals surface area (Å²) in [7, 11) is -3.70. The number of sulfonamides is 1. The van der Waals surface area contributed by atoms with E-state index in [2.05, 4.69) is 20.2 Å². The number of hydrogen-bond donors (Lipinski definition) is 2. The molecule has 7 heteroatoms. The summed E-state index contributed by atoms with van der Waals surface area (Å²) < 4.78 is 27.4. The number of aromatic nitrogens is 2. The Kier molecular flexibility index (Phi) is 4.90. The molecule has 0 amide bonds. The molecule has 2 aromatic carbocycles. The Morgan fingerprint density at radius 3 is 2.12 bits per heavy atom. The lowest BCUT2D eigenvalue weighted by Crippen LogP contribution is -2.14. The maximum absolute atomic E-state index is 12.5. The van der Waals surface area contributed by atoms with E-state index in [0.29, 0.717) is 5.82 Å². The Balaban J connectivity index is 1.76. The van der Waals surface area contributed by atoms with Crippen molar-refractivity contribution in [2.24, 2.45) is 0 Å². The van der Waals surface area contributed by atoms with Gasteiger partial charge in [-0.15, -0.1) is 10.2 Å². The van der Waals surface area contributed by atoms with Gasteiger partial charge >= 0.3 is 0 Å². The zero-order valence-electron chi connectivity index (χ0n) is 14.8. The van der Waals surface area contributed by atoms with Gasteiger partial charge in [0.15, 0.2) is 11.6 Å². The molecule has 3 rings (SSSR count). The maximum Gasteiger partial charge on any atom is 0.263 e. The zero-order valence-corrected chi connectivity index (χ0v) is 15.6. The van der Waals surface area contributed by atoms with Crippen molar-refractivity contribution in [3.05, 3.63) is 71.3 Å². The molecule has 0 aliphatic rings. The molecule has 0 unspecified atom stereocenters. The van der Waals surface area contributed by atoms with Crippen LogP contribution >= 0.6 is 0 Å². The third kappa shape index (κ3) is 4.00. The predicted molar refractivity (Wildman–Crippen MR) is 103 cm³/mol. The Morgan fingerprint density at radius 2 is 1.46 bits per heavy atom. The van der Waals surface area contributed by atoms with Crippen molar-refractivity contribution < 1.29 is 8.42 Å². The largest absolute Gasteiger partial charge is 0.339 e. The standard InChI is InChI=1S/C19H20N4O2S/c1-13-8-9-16(12-15(13)3)26(24,25)23-19-11-10-18(21-22-19)20-17-7-5-4-6-14(17)2/h4-12H,1-3H3,(H,20,21)(H,22,23). The van der Waals surface area contributed by atoms with E-state index in [9.17, 15) is 8.42 Å². The molecule has 1 aromatic heterocycles. The van der Waals surface area contributed by atoms with Crippen LogP contribution in [0.4, 0.5) is 17.3 Å². The summed E-state index contributed by atoms with van der Waals surface area (Å²) in [6, 6.07) is 16.1. The van der Waals surface area contributed by atoms with E-state index < -0.39 is 10.0 Å².